The van der Waals surface area contributed by atoms with E-state index in [1.807, 2.05) is 11.6 Å². The first-order valence-corrected chi connectivity index (χ1v) is 8.68. The van der Waals surface area contributed by atoms with Crippen LogP contribution < -0.4 is 5.32 Å². The highest BCUT2D eigenvalue weighted by molar-refractivity contribution is 6.31. The van der Waals surface area contributed by atoms with Crippen LogP contribution in [0, 0.1) is 12.8 Å². The lowest BCUT2D eigenvalue weighted by Gasteiger charge is -2.32. The monoisotopic (exact) mass is 312 g/mol. The fraction of sp³-hybridized carbons (Fsp3) is 0.812. The molecule has 0 saturated carbocycles. The molecule has 2 heterocycles. The number of piperidine rings is 1. The van der Waals surface area contributed by atoms with Crippen molar-refractivity contribution in [3.8, 4) is 0 Å². The van der Waals surface area contributed by atoms with E-state index in [2.05, 4.69) is 29.2 Å². The molecular weight excluding hydrogens is 284 g/mol. The zero-order valence-electron chi connectivity index (χ0n) is 13.7. The standard InChI is InChI=1S/C16H29ClN4/c1-4-8-18-11-14-6-9-20(10-7-14)12-15-16(17)13(3)19-21(15)5-2/h14,18H,4-12H2,1-3H3. The van der Waals surface area contributed by atoms with E-state index in [0.717, 1.165) is 36.3 Å². The summed E-state index contributed by atoms with van der Waals surface area (Å²) in [5.41, 5.74) is 2.13. The normalized spacial score (nSPS) is 17.5. The van der Waals surface area contributed by atoms with Gasteiger partial charge in [-0.2, -0.15) is 5.10 Å². The van der Waals surface area contributed by atoms with Crippen molar-refractivity contribution in [3.05, 3.63) is 16.4 Å². The highest BCUT2D eigenvalue weighted by Crippen LogP contribution is 2.24. The van der Waals surface area contributed by atoms with E-state index in [1.54, 1.807) is 0 Å². The second kappa shape index (κ2) is 8.16. The van der Waals surface area contributed by atoms with Crippen LogP contribution in [0.15, 0.2) is 0 Å². The molecule has 0 aromatic carbocycles. The summed E-state index contributed by atoms with van der Waals surface area (Å²) in [6.45, 7) is 12.8. The number of aromatic nitrogens is 2. The zero-order chi connectivity index (χ0) is 15.2. The van der Waals surface area contributed by atoms with E-state index in [0.29, 0.717) is 0 Å². The molecule has 1 fully saturated rings. The Morgan fingerprint density at radius 1 is 1.29 bits per heavy atom. The van der Waals surface area contributed by atoms with Gasteiger partial charge in [0.25, 0.3) is 0 Å². The molecule has 2 rings (SSSR count). The summed E-state index contributed by atoms with van der Waals surface area (Å²) in [6.07, 6.45) is 3.79. The summed E-state index contributed by atoms with van der Waals surface area (Å²) in [5, 5.41) is 8.90. The largest absolute Gasteiger partial charge is 0.316 e. The summed E-state index contributed by atoms with van der Waals surface area (Å²) in [5.74, 6) is 0.834. The van der Waals surface area contributed by atoms with E-state index >= 15 is 0 Å². The number of nitrogens with one attached hydrogen (secondary N) is 1. The molecule has 0 aliphatic carbocycles. The van der Waals surface area contributed by atoms with Crippen molar-refractivity contribution >= 4 is 11.6 Å². The van der Waals surface area contributed by atoms with Gasteiger partial charge < -0.3 is 5.32 Å². The number of rotatable bonds is 7. The van der Waals surface area contributed by atoms with Crippen LogP contribution in [-0.2, 0) is 13.1 Å². The van der Waals surface area contributed by atoms with Crippen molar-refractivity contribution in [1.82, 2.24) is 20.0 Å². The Morgan fingerprint density at radius 2 is 2.00 bits per heavy atom. The Balaban J connectivity index is 1.83. The molecule has 0 radical (unpaired) electrons. The van der Waals surface area contributed by atoms with E-state index in [-0.39, 0.29) is 0 Å². The van der Waals surface area contributed by atoms with Gasteiger partial charge in [-0.05, 0) is 65.2 Å². The summed E-state index contributed by atoms with van der Waals surface area (Å²) < 4.78 is 2.05. The average molecular weight is 313 g/mol. The number of hydrogen-bond acceptors (Lipinski definition) is 3. The van der Waals surface area contributed by atoms with Crippen molar-refractivity contribution in [2.75, 3.05) is 26.2 Å². The Morgan fingerprint density at radius 3 is 2.62 bits per heavy atom. The van der Waals surface area contributed by atoms with Crippen molar-refractivity contribution in [1.29, 1.82) is 0 Å². The first kappa shape index (κ1) is 16.8. The SMILES string of the molecule is CCCNCC1CCN(Cc2c(Cl)c(C)nn2CC)CC1. The van der Waals surface area contributed by atoms with E-state index in [1.165, 1.54) is 44.6 Å². The molecule has 1 aromatic rings. The van der Waals surface area contributed by atoms with E-state index in [4.69, 9.17) is 11.6 Å². The van der Waals surface area contributed by atoms with Crippen LogP contribution in [0.3, 0.4) is 0 Å². The average Bonchev–Trinajstić information content (AvgIpc) is 2.77. The number of nitrogens with zero attached hydrogens (tertiary/aromatic N) is 3. The topological polar surface area (TPSA) is 33.1 Å². The van der Waals surface area contributed by atoms with Gasteiger partial charge in [-0.1, -0.05) is 18.5 Å². The number of aryl methyl sites for hydroxylation is 2. The molecule has 4 nitrogen and oxygen atoms in total. The maximum absolute atomic E-state index is 6.41. The van der Waals surface area contributed by atoms with Crippen LogP contribution in [0.2, 0.25) is 5.02 Å². The van der Waals surface area contributed by atoms with Crippen molar-refractivity contribution in [2.24, 2.45) is 5.92 Å². The maximum Gasteiger partial charge on any atom is 0.0860 e. The summed E-state index contributed by atoms with van der Waals surface area (Å²) in [4.78, 5) is 2.52. The molecule has 1 aliphatic heterocycles. The molecule has 0 bridgehead atoms. The van der Waals surface area contributed by atoms with Crippen LogP contribution in [0.5, 0.6) is 0 Å². The third-order valence-electron chi connectivity index (χ3n) is 4.39. The smallest absolute Gasteiger partial charge is 0.0860 e. The second-order valence-electron chi connectivity index (χ2n) is 6.09. The van der Waals surface area contributed by atoms with Crippen LogP contribution >= 0.6 is 11.6 Å². The predicted octanol–water partition coefficient (Wildman–Crippen LogP) is 3.08. The second-order valence-corrected chi connectivity index (χ2v) is 6.46. The van der Waals surface area contributed by atoms with Crippen LogP contribution in [0.1, 0.15) is 44.5 Å². The molecule has 0 unspecified atom stereocenters. The third kappa shape index (κ3) is 4.44. The van der Waals surface area contributed by atoms with E-state index < -0.39 is 0 Å². The maximum atomic E-state index is 6.41. The molecule has 0 spiro atoms. The van der Waals surface area contributed by atoms with Gasteiger partial charge in [0.2, 0.25) is 0 Å². The number of halogens is 1. The minimum absolute atomic E-state index is 0.834. The highest BCUT2D eigenvalue weighted by Gasteiger charge is 2.21. The van der Waals surface area contributed by atoms with Gasteiger partial charge in [0.15, 0.2) is 0 Å². The minimum Gasteiger partial charge on any atom is -0.316 e. The lowest BCUT2D eigenvalue weighted by molar-refractivity contribution is 0.171. The molecule has 1 aromatic heterocycles. The van der Waals surface area contributed by atoms with Gasteiger partial charge in [0.05, 0.1) is 16.4 Å². The fourth-order valence-electron chi connectivity index (χ4n) is 3.06. The molecule has 1 N–H and O–H groups in total. The van der Waals surface area contributed by atoms with Crippen molar-refractivity contribution in [2.45, 2.75) is 53.1 Å². The van der Waals surface area contributed by atoms with Crippen LogP contribution in [-0.4, -0.2) is 40.9 Å². The molecule has 120 valence electrons. The molecular formula is C16H29ClN4. The first-order valence-electron chi connectivity index (χ1n) is 8.30. The van der Waals surface area contributed by atoms with Gasteiger partial charge in [-0.15, -0.1) is 0 Å². The predicted molar refractivity (Wildman–Crippen MR) is 88.8 cm³/mol. The van der Waals surface area contributed by atoms with Crippen molar-refractivity contribution in [3.63, 3.8) is 0 Å². The minimum atomic E-state index is 0.834. The third-order valence-corrected chi connectivity index (χ3v) is 4.88. The van der Waals surface area contributed by atoms with Crippen molar-refractivity contribution < 1.29 is 0 Å². The molecule has 1 saturated heterocycles. The lowest BCUT2D eigenvalue weighted by Crippen LogP contribution is -2.37. The van der Waals surface area contributed by atoms with Gasteiger partial charge in [0, 0.05) is 13.1 Å². The summed E-state index contributed by atoms with van der Waals surface area (Å²) >= 11 is 6.41. The molecule has 5 heteroatoms. The van der Waals surface area contributed by atoms with Gasteiger partial charge in [-0.25, -0.2) is 0 Å². The van der Waals surface area contributed by atoms with Crippen LogP contribution in [0.25, 0.3) is 0 Å². The lowest BCUT2D eigenvalue weighted by atomic mass is 9.96. The van der Waals surface area contributed by atoms with Crippen LogP contribution in [0.4, 0.5) is 0 Å². The first-order chi connectivity index (χ1) is 10.2. The number of likely N-dealkylation sites (tertiary alicyclic amines) is 1. The number of hydrogen-bond donors (Lipinski definition) is 1. The Hall–Kier alpha value is -0.580. The fourth-order valence-corrected chi connectivity index (χ4v) is 3.26. The summed E-state index contributed by atoms with van der Waals surface area (Å²) in [7, 11) is 0. The van der Waals surface area contributed by atoms with E-state index in [9.17, 15) is 0 Å². The highest BCUT2D eigenvalue weighted by atomic mass is 35.5. The molecule has 0 amide bonds. The van der Waals surface area contributed by atoms with Gasteiger partial charge >= 0.3 is 0 Å². The summed E-state index contributed by atoms with van der Waals surface area (Å²) in [6, 6.07) is 0. The Bertz CT molecular complexity index is 436. The molecule has 0 atom stereocenters. The Labute approximate surface area is 133 Å². The van der Waals surface area contributed by atoms with Gasteiger partial charge in [-0.3, -0.25) is 9.58 Å². The zero-order valence-corrected chi connectivity index (χ0v) is 14.4. The molecule has 1 aliphatic rings. The van der Waals surface area contributed by atoms with Gasteiger partial charge in [0.1, 0.15) is 0 Å². The Kier molecular flexibility index (Phi) is 6.52. The quantitative estimate of drug-likeness (QED) is 0.786. The molecule has 21 heavy (non-hydrogen) atoms.